The number of hydrogen-bond donors (Lipinski definition) is 2. The lowest BCUT2D eigenvalue weighted by molar-refractivity contribution is -0.123. The van der Waals surface area contributed by atoms with Crippen molar-refractivity contribution in [1.29, 1.82) is 0 Å². The standard InChI is InChI=1S/C17H18N2O4S/c1-12-6-2-3-7-13(12)11-24(21,22)18-10-16-17(20)19-14-8-4-5-9-15(14)23-16/h2-9,16,18H,10-11H2,1H3,(H,19,20). The molecule has 1 aliphatic heterocycles. The minimum atomic E-state index is -3.57. The van der Waals surface area contributed by atoms with Gasteiger partial charge in [0.1, 0.15) is 5.75 Å². The van der Waals surface area contributed by atoms with Gasteiger partial charge in [0, 0.05) is 0 Å². The van der Waals surface area contributed by atoms with E-state index >= 15 is 0 Å². The third kappa shape index (κ3) is 3.74. The SMILES string of the molecule is Cc1ccccc1CS(=O)(=O)NCC1Oc2ccccc2NC1=O. The molecule has 0 saturated carbocycles. The molecule has 6 nitrogen and oxygen atoms in total. The van der Waals surface area contributed by atoms with Crippen molar-refractivity contribution >= 4 is 21.6 Å². The van der Waals surface area contributed by atoms with Crippen molar-refractivity contribution in [3.8, 4) is 5.75 Å². The Bertz CT molecular complexity index is 864. The molecule has 0 spiro atoms. The van der Waals surface area contributed by atoms with Crippen LogP contribution in [-0.4, -0.2) is 27.0 Å². The largest absolute Gasteiger partial charge is 0.477 e. The highest BCUT2D eigenvalue weighted by atomic mass is 32.2. The lowest BCUT2D eigenvalue weighted by Gasteiger charge is -2.25. The molecule has 0 fully saturated rings. The van der Waals surface area contributed by atoms with Gasteiger partial charge in [-0.2, -0.15) is 0 Å². The molecule has 2 aromatic carbocycles. The third-order valence-electron chi connectivity index (χ3n) is 3.80. The fraction of sp³-hybridized carbons (Fsp3) is 0.235. The van der Waals surface area contributed by atoms with Crippen LogP contribution in [0.25, 0.3) is 0 Å². The molecular formula is C17H18N2O4S. The van der Waals surface area contributed by atoms with Gasteiger partial charge in [-0.05, 0) is 30.2 Å². The summed E-state index contributed by atoms with van der Waals surface area (Å²) in [6.45, 7) is 1.74. The average molecular weight is 346 g/mol. The number of rotatable bonds is 5. The van der Waals surface area contributed by atoms with Crippen LogP contribution in [0.2, 0.25) is 0 Å². The lowest BCUT2D eigenvalue weighted by Crippen LogP contribution is -2.45. The van der Waals surface area contributed by atoms with E-state index in [1.807, 2.05) is 19.1 Å². The maximum Gasteiger partial charge on any atom is 0.266 e. The Kier molecular flexibility index (Phi) is 4.55. The van der Waals surface area contributed by atoms with Crippen LogP contribution in [0.4, 0.5) is 5.69 Å². The van der Waals surface area contributed by atoms with Crippen LogP contribution in [0.3, 0.4) is 0 Å². The van der Waals surface area contributed by atoms with Gasteiger partial charge < -0.3 is 10.1 Å². The summed E-state index contributed by atoms with van der Waals surface area (Å²) in [5, 5.41) is 2.71. The van der Waals surface area contributed by atoms with Crippen LogP contribution in [0.1, 0.15) is 11.1 Å². The molecule has 1 aliphatic rings. The second-order valence-electron chi connectivity index (χ2n) is 5.63. The summed E-state index contributed by atoms with van der Waals surface area (Å²) in [4.78, 5) is 12.0. The monoisotopic (exact) mass is 346 g/mol. The van der Waals surface area contributed by atoms with Crippen molar-refractivity contribution in [2.75, 3.05) is 11.9 Å². The molecule has 126 valence electrons. The molecule has 1 amide bonds. The van der Waals surface area contributed by atoms with E-state index in [2.05, 4.69) is 10.0 Å². The number of nitrogens with one attached hydrogen (secondary N) is 2. The summed E-state index contributed by atoms with van der Waals surface area (Å²) in [5.74, 6) is 0.0254. The minimum absolute atomic E-state index is 0.117. The number of fused-ring (bicyclic) bond motifs is 1. The number of hydrogen-bond acceptors (Lipinski definition) is 4. The van der Waals surface area contributed by atoms with Crippen molar-refractivity contribution in [1.82, 2.24) is 4.72 Å². The summed E-state index contributed by atoms with van der Waals surface area (Å²) in [5.41, 5.74) is 2.22. The van der Waals surface area contributed by atoms with Gasteiger partial charge in [0.05, 0.1) is 18.0 Å². The number of amides is 1. The van der Waals surface area contributed by atoms with Gasteiger partial charge >= 0.3 is 0 Å². The molecule has 0 bridgehead atoms. The molecule has 1 heterocycles. The normalized spacial score (nSPS) is 16.9. The lowest BCUT2D eigenvalue weighted by atomic mass is 10.1. The van der Waals surface area contributed by atoms with Crippen LogP contribution in [-0.2, 0) is 20.6 Å². The van der Waals surface area contributed by atoms with Crippen molar-refractivity contribution < 1.29 is 17.9 Å². The molecule has 0 aromatic heterocycles. The molecule has 2 aromatic rings. The van der Waals surface area contributed by atoms with Crippen LogP contribution in [0, 0.1) is 6.92 Å². The smallest absolute Gasteiger partial charge is 0.266 e. The molecule has 24 heavy (non-hydrogen) atoms. The van der Waals surface area contributed by atoms with Crippen LogP contribution < -0.4 is 14.8 Å². The molecule has 0 aliphatic carbocycles. The molecule has 7 heteroatoms. The Morgan fingerprint density at radius 2 is 1.83 bits per heavy atom. The van der Waals surface area contributed by atoms with E-state index in [0.717, 1.165) is 11.1 Å². The first kappa shape index (κ1) is 16.5. The van der Waals surface area contributed by atoms with Gasteiger partial charge in [-0.15, -0.1) is 0 Å². The Morgan fingerprint density at radius 1 is 1.12 bits per heavy atom. The zero-order chi connectivity index (χ0) is 17.2. The van der Waals surface area contributed by atoms with Gasteiger partial charge in [-0.3, -0.25) is 4.79 Å². The van der Waals surface area contributed by atoms with E-state index in [1.54, 1.807) is 36.4 Å². The number of carbonyl (C=O) groups excluding carboxylic acids is 1. The van der Waals surface area contributed by atoms with E-state index in [0.29, 0.717) is 11.4 Å². The highest BCUT2D eigenvalue weighted by Gasteiger charge is 2.28. The second kappa shape index (κ2) is 6.62. The zero-order valence-electron chi connectivity index (χ0n) is 13.2. The third-order valence-corrected chi connectivity index (χ3v) is 5.10. The predicted molar refractivity (Wildman–Crippen MR) is 91.3 cm³/mol. The summed E-state index contributed by atoms with van der Waals surface area (Å²) in [6.07, 6.45) is -0.897. The second-order valence-corrected chi connectivity index (χ2v) is 7.43. The summed E-state index contributed by atoms with van der Waals surface area (Å²) >= 11 is 0. The predicted octanol–water partition coefficient (Wildman–Crippen LogP) is 1.81. The van der Waals surface area contributed by atoms with Crippen molar-refractivity contribution in [2.45, 2.75) is 18.8 Å². The molecule has 0 saturated heterocycles. The Hall–Kier alpha value is -2.38. The number of para-hydroxylation sites is 2. The quantitative estimate of drug-likeness (QED) is 0.865. The minimum Gasteiger partial charge on any atom is -0.477 e. The Morgan fingerprint density at radius 3 is 2.62 bits per heavy atom. The highest BCUT2D eigenvalue weighted by molar-refractivity contribution is 7.88. The molecule has 3 rings (SSSR count). The molecule has 1 atom stereocenters. The zero-order valence-corrected chi connectivity index (χ0v) is 14.0. The highest BCUT2D eigenvalue weighted by Crippen LogP contribution is 2.28. The van der Waals surface area contributed by atoms with Crippen LogP contribution in [0.5, 0.6) is 5.75 Å². The molecule has 2 N–H and O–H groups in total. The van der Waals surface area contributed by atoms with E-state index < -0.39 is 16.1 Å². The topological polar surface area (TPSA) is 84.5 Å². The number of aryl methyl sites for hydroxylation is 1. The molecule has 1 unspecified atom stereocenters. The van der Waals surface area contributed by atoms with Crippen molar-refractivity contribution in [2.24, 2.45) is 0 Å². The van der Waals surface area contributed by atoms with E-state index in [1.165, 1.54) is 0 Å². The van der Waals surface area contributed by atoms with Gasteiger partial charge in [0.25, 0.3) is 5.91 Å². The number of carbonyl (C=O) groups is 1. The number of sulfonamides is 1. The fourth-order valence-electron chi connectivity index (χ4n) is 2.46. The molecule has 0 radical (unpaired) electrons. The van der Waals surface area contributed by atoms with Crippen molar-refractivity contribution in [3.05, 3.63) is 59.7 Å². The van der Waals surface area contributed by atoms with Crippen molar-refractivity contribution in [3.63, 3.8) is 0 Å². The van der Waals surface area contributed by atoms with Gasteiger partial charge in [-0.25, -0.2) is 13.1 Å². The van der Waals surface area contributed by atoms with Crippen LogP contribution in [0.15, 0.2) is 48.5 Å². The fourth-order valence-corrected chi connectivity index (χ4v) is 3.70. The average Bonchev–Trinajstić information content (AvgIpc) is 2.55. The van der Waals surface area contributed by atoms with Gasteiger partial charge in [0.2, 0.25) is 10.0 Å². The van der Waals surface area contributed by atoms with E-state index in [9.17, 15) is 13.2 Å². The van der Waals surface area contributed by atoms with E-state index in [-0.39, 0.29) is 18.2 Å². The first-order valence-electron chi connectivity index (χ1n) is 7.53. The first-order chi connectivity index (χ1) is 11.4. The Labute approximate surface area is 140 Å². The number of benzene rings is 2. The summed E-state index contributed by atoms with van der Waals surface area (Å²) in [7, 11) is -3.57. The first-order valence-corrected chi connectivity index (χ1v) is 9.18. The molecular weight excluding hydrogens is 328 g/mol. The number of anilines is 1. The summed E-state index contributed by atoms with van der Waals surface area (Å²) < 4.78 is 32.5. The number of ether oxygens (including phenoxy) is 1. The van der Waals surface area contributed by atoms with Gasteiger partial charge in [0.15, 0.2) is 6.10 Å². The maximum absolute atomic E-state index is 12.2. The van der Waals surface area contributed by atoms with Crippen LogP contribution >= 0.6 is 0 Å². The summed E-state index contributed by atoms with van der Waals surface area (Å²) in [6, 6.07) is 14.3. The maximum atomic E-state index is 12.2. The Balaban J connectivity index is 1.65. The van der Waals surface area contributed by atoms with Gasteiger partial charge in [-0.1, -0.05) is 36.4 Å². The van der Waals surface area contributed by atoms with E-state index in [4.69, 9.17) is 4.74 Å².